The van der Waals surface area contributed by atoms with Crippen LogP contribution in [0.1, 0.15) is 43.2 Å². The third-order valence-corrected chi connectivity index (χ3v) is 4.42. The molecule has 0 aromatic carbocycles. The van der Waals surface area contributed by atoms with E-state index in [0.717, 1.165) is 6.42 Å². The molecule has 0 aliphatic heterocycles. The van der Waals surface area contributed by atoms with Gasteiger partial charge in [-0.2, -0.15) is 0 Å². The second-order valence-electron chi connectivity index (χ2n) is 5.31. The standard InChI is InChI=1S/C13H19NO2S/c1-13(2,12(15)16)8-14-10-4-3-5-11-9(10)6-7-17-11/h6-7,10,14H,3-5,8H2,1-2H3,(H,15,16). The first-order valence-corrected chi connectivity index (χ1v) is 6.92. The molecular formula is C13H19NO2S. The van der Waals surface area contributed by atoms with Crippen molar-refractivity contribution in [2.24, 2.45) is 5.41 Å². The molecule has 1 aliphatic rings. The Morgan fingerprint density at radius 3 is 3.12 bits per heavy atom. The molecule has 0 radical (unpaired) electrons. The Morgan fingerprint density at radius 1 is 1.65 bits per heavy atom. The molecule has 3 nitrogen and oxygen atoms in total. The summed E-state index contributed by atoms with van der Waals surface area (Å²) in [5, 5.41) is 14.6. The number of fused-ring (bicyclic) bond motifs is 1. The van der Waals surface area contributed by atoms with Crippen LogP contribution in [0.4, 0.5) is 0 Å². The molecule has 94 valence electrons. The van der Waals surface area contributed by atoms with Crippen molar-refractivity contribution < 1.29 is 9.90 Å². The fraction of sp³-hybridized carbons (Fsp3) is 0.615. The maximum Gasteiger partial charge on any atom is 0.310 e. The average Bonchev–Trinajstić information content (AvgIpc) is 2.74. The fourth-order valence-corrected chi connectivity index (χ4v) is 3.14. The molecule has 1 aromatic heterocycles. The lowest BCUT2D eigenvalue weighted by Crippen LogP contribution is -2.38. The Labute approximate surface area is 106 Å². The van der Waals surface area contributed by atoms with Gasteiger partial charge < -0.3 is 10.4 Å². The van der Waals surface area contributed by atoms with Crippen molar-refractivity contribution in [2.75, 3.05) is 6.54 Å². The molecule has 1 atom stereocenters. The average molecular weight is 253 g/mol. The van der Waals surface area contributed by atoms with Crippen LogP contribution in [0.5, 0.6) is 0 Å². The van der Waals surface area contributed by atoms with E-state index >= 15 is 0 Å². The van der Waals surface area contributed by atoms with E-state index in [2.05, 4.69) is 16.8 Å². The topological polar surface area (TPSA) is 49.3 Å². The van der Waals surface area contributed by atoms with Gasteiger partial charge in [0.25, 0.3) is 0 Å². The predicted octanol–water partition coefficient (Wildman–Crippen LogP) is 2.83. The van der Waals surface area contributed by atoms with E-state index in [9.17, 15) is 4.79 Å². The van der Waals surface area contributed by atoms with Gasteiger partial charge in [-0.25, -0.2) is 0 Å². The first-order chi connectivity index (χ1) is 8.00. The lowest BCUT2D eigenvalue weighted by molar-refractivity contribution is -0.146. The van der Waals surface area contributed by atoms with Crippen molar-refractivity contribution in [2.45, 2.75) is 39.2 Å². The van der Waals surface area contributed by atoms with Gasteiger partial charge in [0.2, 0.25) is 0 Å². The van der Waals surface area contributed by atoms with E-state index in [4.69, 9.17) is 5.11 Å². The highest BCUT2D eigenvalue weighted by atomic mass is 32.1. The van der Waals surface area contributed by atoms with Crippen molar-refractivity contribution in [1.29, 1.82) is 0 Å². The number of aryl methyl sites for hydroxylation is 1. The molecule has 17 heavy (non-hydrogen) atoms. The smallest absolute Gasteiger partial charge is 0.310 e. The normalized spacial score (nSPS) is 20.0. The molecule has 0 fully saturated rings. The van der Waals surface area contributed by atoms with Crippen LogP contribution in [0, 0.1) is 5.41 Å². The zero-order valence-electron chi connectivity index (χ0n) is 10.3. The van der Waals surface area contributed by atoms with Crippen LogP contribution in [0.2, 0.25) is 0 Å². The summed E-state index contributed by atoms with van der Waals surface area (Å²) >= 11 is 1.81. The zero-order valence-corrected chi connectivity index (χ0v) is 11.1. The monoisotopic (exact) mass is 253 g/mol. The van der Waals surface area contributed by atoms with Crippen molar-refractivity contribution in [3.05, 3.63) is 21.9 Å². The zero-order chi connectivity index (χ0) is 12.5. The Bertz CT molecular complexity index is 411. The Morgan fingerprint density at radius 2 is 2.41 bits per heavy atom. The largest absolute Gasteiger partial charge is 0.481 e. The van der Waals surface area contributed by atoms with Gasteiger partial charge in [0.15, 0.2) is 0 Å². The number of thiophene rings is 1. The molecule has 1 aliphatic carbocycles. The van der Waals surface area contributed by atoms with Crippen LogP contribution in [-0.4, -0.2) is 17.6 Å². The number of hydrogen-bond donors (Lipinski definition) is 2. The fourth-order valence-electron chi connectivity index (χ4n) is 2.15. The Kier molecular flexibility index (Phi) is 3.54. The second-order valence-corrected chi connectivity index (χ2v) is 6.31. The molecule has 0 saturated heterocycles. The first-order valence-electron chi connectivity index (χ1n) is 6.04. The number of hydrogen-bond acceptors (Lipinski definition) is 3. The summed E-state index contributed by atoms with van der Waals surface area (Å²) in [6.07, 6.45) is 3.48. The van der Waals surface area contributed by atoms with Crippen LogP contribution >= 0.6 is 11.3 Å². The molecule has 4 heteroatoms. The van der Waals surface area contributed by atoms with Crippen molar-refractivity contribution >= 4 is 17.3 Å². The van der Waals surface area contributed by atoms with Crippen LogP contribution in [0.3, 0.4) is 0 Å². The van der Waals surface area contributed by atoms with E-state index in [1.807, 2.05) is 11.3 Å². The third-order valence-electron chi connectivity index (χ3n) is 3.42. The highest BCUT2D eigenvalue weighted by Gasteiger charge is 2.29. The number of nitrogens with one attached hydrogen (secondary N) is 1. The number of rotatable bonds is 4. The number of carbonyl (C=O) groups is 1. The van der Waals surface area contributed by atoms with E-state index in [1.165, 1.54) is 23.3 Å². The summed E-state index contributed by atoms with van der Waals surface area (Å²) in [6, 6.07) is 2.51. The second kappa shape index (κ2) is 4.78. The van der Waals surface area contributed by atoms with Crippen LogP contribution < -0.4 is 5.32 Å². The van der Waals surface area contributed by atoms with E-state index < -0.39 is 11.4 Å². The molecule has 0 amide bonds. The number of aliphatic carboxylic acids is 1. The molecule has 0 spiro atoms. The predicted molar refractivity (Wildman–Crippen MR) is 69.4 cm³/mol. The van der Waals surface area contributed by atoms with Gasteiger partial charge in [0, 0.05) is 17.5 Å². The van der Waals surface area contributed by atoms with Crippen molar-refractivity contribution in [1.82, 2.24) is 5.32 Å². The van der Waals surface area contributed by atoms with Gasteiger partial charge in [-0.05, 0) is 50.1 Å². The van der Waals surface area contributed by atoms with Gasteiger partial charge >= 0.3 is 5.97 Å². The van der Waals surface area contributed by atoms with E-state index in [-0.39, 0.29) is 0 Å². The Balaban J connectivity index is 2.00. The van der Waals surface area contributed by atoms with E-state index in [1.54, 1.807) is 13.8 Å². The number of carboxylic acids is 1. The highest BCUT2D eigenvalue weighted by molar-refractivity contribution is 7.10. The lowest BCUT2D eigenvalue weighted by Gasteiger charge is -2.28. The summed E-state index contributed by atoms with van der Waals surface area (Å²) < 4.78 is 0. The maximum absolute atomic E-state index is 11.1. The van der Waals surface area contributed by atoms with Crippen LogP contribution in [0.25, 0.3) is 0 Å². The van der Waals surface area contributed by atoms with Gasteiger partial charge in [-0.1, -0.05) is 0 Å². The van der Waals surface area contributed by atoms with Crippen molar-refractivity contribution in [3.8, 4) is 0 Å². The molecule has 2 N–H and O–H groups in total. The number of carboxylic acid groups (broad SMARTS) is 1. The molecular weight excluding hydrogens is 234 g/mol. The molecule has 1 aromatic rings. The Hall–Kier alpha value is -0.870. The lowest BCUT2D eigenvalue weighted by atomic mass is 9.90. The minimum atomic E-state index is -0.744. The summed E-state index contributed by atoms with van der Waals surface area (Å²) in [7, 11) is 0. The molecule has 1 heterocycles. The molecule has 1 unspecified atom stereocenters. The van der Waals surface area contributed by atoms with Gasteiger partial charge in [0.1, 0.15) is 0 Å². The SMILES string of the molecule is CC(C)(CNC1CCCc2sccc21)C(=O)O. The highest BCUT2D eigenvalue weighted by Crippen LogP contribution is 2.33. The first kappa shape index (κ1) is 12.6. The minimum absolute atomic E-state index is 0.337. The summed E-state index contributed by atoms with van der Waals surface area (Å²) in [4.78, 5) is 12.5. The molecule has 2 rings (SSSR count). The van der Waals surface area contributed by atoms with Crippen molar-refractivity contribution in [3.63, 3.8) is 0 Å². The van der Waals surface area contributed by atoms with Crippen LogP contribution in [-0.2, 0) is 11.2 Å². The summed E-state index contributed by atoms with van der Waals surface area (Å²) in [6.45, 7) is 4.04. The summed E-state index contributed by atoms with van der Waals surface area (Å²) in [5.74, 6) is -0.744. The quantitative estimate of drug-likeness (QED) is 0.867. The molecule has 0 saturated carbocycles. The van der Waals surface area contributed by atoms with Gasteiger partial charge in [-0.15, -0.1) is 11.3 Å². The summed E-state index contributed by atoms with van der Waals surface area (Å²) in [5.41, 5.74) is 0.676. The van der Waals surface area contributed by atoms with Gasteiger partial charge in [0.05, 0.1) is 5.41 Å². The molecule has 0 bridgehead atoms. The van der Waals surface area contributed by atoms with Gasteiger partial charge in [-0.3, -0.25) is 4.79 Å². The minimum Gasteiger partial charge on any atom is -0.481 e. The van der Waals surface area contributed by atoms with Crippen LogP contribution in [0.15, 0.2) is 11.4 Å². The van der Waals surface area contributed by atoms with E-state index in [0.29, 0.717) is 12.6 Å². The maximum atomic E-state index is 11.1. The third kappa shape index (κ3) is 2.69.